The third-order valence-electron chi connectivity index (χ3n) is 5.54. The Morgan fingerprint density at radius 1 is 1.06 bits per heavy atom. The number of halogens is 1. The number of aryl methyl sites for hydroxylation is 1. The molecule has 0 fully saturated rings. The molecule has 2 aromatic carbocycles. The van der Waals surface area contributed by atoms with Crippen LogP contribution in [0, 0.1) is 11.7 Å². The van der Waals surface area contributed by atoms with E-state index in [0.29, 0.717) is 24.9 Å². The van der Waals surface area contributed by atoms with Crippen molar-refractivity contribution in [3.63, 3.8) is 0 Å². The molecular formula is C27H36FN3O2. The van der Waals surface area contributed by atoms with Gasteiger partial charge in [-0.25, -0.2) is 9.07 Å². The van der Waals surface area contributed by atoms with Crippen molar-refractivity contribution < 1.29 is 14.2 Å². The summed E-state index contributed by atoms with van der Waals surface area (Å²) in [4.78, 5) is 2.25. The molecule has 5 nitrogen and oxygen atoms in total. The summed E-state index contributed by atoms with van der Waals surface area (Å²) >= 11 is 0. The molecule has 0 unspecified atom stereocenters. The molecule has 0 radical (unpaired) electrons. The zero-order valence-corrected chi connectivity index (χ0v) is 20.2. The molecule has 0 aliphatic heterocycles. The summed E-state index contributed by atoms with van der Waals surface area (Å²) in [5.74, 6) is 0.687. The van der Waals surface area contributed by atoms with Gasteiger partial charge in [0.25, 0.3) is 0 Å². The Morgan fingerprint density at radius 2 is 1.76 bits per heavy atom. The van der Waals surface area contributed by atoms with Crippen molar-refractivity contribution in [1.82, 2.24) is 14.7 Å². The molecule has 1 N–H and O–H groups in total. The van der Waals surface area contributed by atoms with Gasteiger partial charge in [-0.15, -0.1) is 0 Å². The summed E-state index contributed by atoms with van der Waals surface area (Å²) in [7, 11) is 1.81. The molecule has 0 saturated heterocycles. The maximum absolute atomic E-state index is 14.4. The number of rotatable bonds is 12. The fourth-order valence-electron chi connectivity index (χ4n) is 4.05. The van der Waals surface area contributed by atoms with Crippen LogP contribution in [-0.4, -0.2) is 39.0 Å². The van der Waals surface area contributed by atoms with E-state index < -0.39 is 11.9 Å². The van der Waals surface area contributed by atoms with Crippen molar-refractivity contribution >= 4 is 0 Å². The number of hydrogen-bond donors (Lipinski definition) is 1. The van der Waals surface area contributed by atoms with Gasteiger partial charge in [0, 0.05) is 32.2 Å². The highest BCUT2D eigenvalue weighted by molar-refractivity contribution is 5.65. The predicted molar refractivity (Wildman–Crippen MR) is 131 cm³/mol. The van der Waals surface area contributed by atoms with E-state index in [9.17, 15) is 9.50 Å². The van der Waals surface area contributed by atoms with Crippen LogP contribution in [0.15, 0.2) is 54.6 Å². The first-order chi connectivity index (χ1) is 15.9. The Morgan fingerprint density at radius 3 is 2.42 bits per heavy atom. The van der Waals surface area contributed by atoms with E-state index in [1.807, 2.05) is 37.4 Å². The smallest absolute Gasteiger partial charge is 0.222 e. The number of ether oxygens (including phenoxy) is 1. The quantitative estimate of drug-likeness (QED) is 0.364. The van der Waals surface area contributed by atoms with Gasteiger partial charge >= 0.3 is 0 Å². The number of para-hydroxylation sites is 1. The average molecular weight is 454 g/mol. The van der Waals surface area contributed by atoms with Gasteiger partial charge in [0.2, 0.25) is 5.88 Å². The summed E-state index contributed by atoms with van der Waals surface area (Å²) in [6.45, 7) is 8.41. The number of aliphatic hydroxyl groups is 1. The second kappa shape index (κ2) is 12.0. The minimum atomic E-state index is -0.417. The topological polar surface area (TPSA) is 50.5 Å². The highest BCUT2D eigenvalue weighted by Gasteiger charge is 2.24. The summed E-state index contributed by atoms with van der Waals surface area (Å²) in [5.41, 5.74) is 2.67. The van der Waals surface area contributed by atoms with E-state index in [4.69, 9.17) is 9.84 Å². The number of aromatic nitrogens is 2. The SMILES string of the molecule is CCCC[C@H](O)CN(Cc1c(-c2ccccc2)nn(C)c1Oc1ccccc1F)CC(C)C. The van der Waals surface area contributed by atoms with Crippen LogP contribution in [0.25, 0.3) is 11.3 Å². The Labute approximate surface area is 196 Å². The largest absolute Gasteiger partial charge is 0.436 e. The lowest BCUT2D eigenvalue weighted by Gasteiger charge is -2.27. The second-order valence-corrected chi connectivity index (χ2v) is 9.04. The molecule has 0 aliphatic carbocycles. The molecule has 3 aromatic rings. The normalized spacial score (nSPS) is 12.5. The number of aliphatic hydroxyl groups excluding tert-OH is 1. The summed E-state index contributed by atoms with van der Waals surface area (Å²) in [6, 6.07) is 16.4. The average Bonchev–Trinajstić information content (AvgIpc) is 3.09. The Hall–Kier alpha value is -2.70. The van der Waals surface area contributed by atoms with Crippen molar-refractivity contribution in [2.24, 2.45) is 13.0 Å². The highest BCUT2D eigenvalue weighted by atomic mass is 19.1. The standard InChI is InChI=1S/C27H36FN3O2/c1-5-6-14-22(32)18-31(17-20(2)3)19-23-26(21-12-8-7-9-13-21)29-30(4)27(23)33-25-16-11-10-15-24(25)28/h7-13,15-16,20,22,32H,5-6,14,17-19H2,1-4H3/t22-/m0/s1. The van der Waals surface area contributed by atoms with Gasteiger partial charge in [-0.3, -0.25) is 4.90 Å². The van der Waals surface area contributed by atoms with E-state index in [0.717, 1.165) is 42.6 Å². The van der Waals surface area contributed by atoms with Crippen molar-refractivity contribution in [2.45, 2.75) is 52.7 Å². The zero-order chi connectivity index (χ0) is 23.8. The van der Waals surface area contributed by atoms with Crippen molar-refractivity contribution in [3.8, 4) is 22.9 Å². The van der Waals surface area contributed by atoms with Crippen molar-refractivity contribution in [3.05, 3.63) is 66.0 Å². The molecule has 3 rings (SSSR count). The molecule has 6 heteroatoms. The Kier molecular flexibility index (Phi) is 9.03. The zero-order valence-electron chi connectivity index (χ0n) is 20.2. The fraction of sp³-hybridized carbons (Fsp3) is 0.444. The van der Waals surface area contributed by atoms with Crippen molar-refractivity contribution in [2.75, 3.05) is 13.1 Å². The molecule has 0 spiro atoms. The molecule has 0 aliphatic rings. The molecular weight excluding hydrogens is 417 g/mol. The van der Waals surface area contributed by atoms with E-state index in [1.165, 1.54) is 6.07 Å². The van der Waals surface area contributed by atoms with Gasteiger partial charge in [-0.2, -0.15) is 5.10 Å². The lowest BCUT2D eigenvalue weighted by molar-refractivity contribution is 0.0929. The number of benzene rings is 2. The maximum Gasteiger partial charge on any atom is 0.222 e. The van der Waals surface area contributed by atoms with Gasteiger partial charge in [-0.1, -0.05) is 76.1 Å². The van der Waals surface area contributed by atoms with Crippen LogP contribution < -0.4 is 4.74 Å². The number of hydrogen-bond acceptors (Lipinski definition) is 4. The third kappa shape index (κ3) is 6.89. The van der Waals surface area contributed by atoms with Crippen LogP contribution in [0.3, 0.4) is 0 Å². The van der Waals surface area contributed by atoms with E-state index >= 15 is 0 Å². The Balaban J connectivity index is 1.99. The first-order valence-corrected chi connectivity index (χ1v) is 11.8. The lowest BCUT2D eigenvalue weighted by Crippen LogP contribution is -2.35. The predicted octanol–water partition coefficient (Wildman–Crippen LogP) is 6.03. The van der Waals surface area contributed by atoms with Gasteiger partial charge in [0.15, 0.2) is 11.6 Å². The summed E-state index contributed by atoms with van der Waals surface area (Å²) < 4.78 is 22.2. The fourth-order valence-corrected chi connectivity index (χ4v) is 4.05. The molecule has 0 saturated carbocycles. The number of nitrogens with zero attached hydrogens (tertiary/aromatic N) is 3. The van der Waals surface area contributed by atoms with Crippen LogP contribution in [0.4, 0.5) is 4.39 Å². The molecule has 1 aromatic heterocycles. The van der Waals surface area contributed by atoms with Crippen LogP contribution in [0.5, 0.6) is 11.6 Å². The monoisotopic (exact) mass is 453 g/mol. The lowest BCUT2D eigenvalue weighted by atomic mass is 10.1. The van der Waals surface area contributed by atoms with Gasteiger partial charge in [0.05, 0.1) is 11.7 Å². The van der Waals surface area contributed by atoms with Crippen LogP contribution in [0.1, 0.15) is 45.6 Å². The highest BCUT2D eigenvalue weighted by Crippen LogP contribution is 2.35. The van der Waals surface area contributed by atoms with Gasteiger partial charge in [-0.05, 0) is 24.5 Å². The van der Waals surface area contributed by atoms with Gasteiger partial charge < -0.3 is 9.84 Å². The van der Waals surface area contributed by atoms with Crippen molar-refractivity contribution in [1.29, 1.82) is 0 Å². The second-order valence-electron chi connectivity index (χ2n) is 9.04. The molecule has 0 amide bonds. The molecule has 1 atom stereocenters. The first kappa shape index (κ1) is 24.9. The van der Waals surface area contributed by atoms with E-state index in [1.54, 1.807) is 22.9 Å². The molecule has 1 heterocycles. The Bertz CT molecular complexity index is 1000. The molecule has 33 heavy (non-hydrogen) atoms. The van der Waals surface area contributed by atoms with Crippen LogP contribution >= 0.6 is 0 Å². The van der Waals surface area contributed by atoms with Crippen LogP contribution in [-0.2, 0) is 13.6 Å². The summed E-state index contributed by atoms with van der Waals surface area (Å²) in [6.07, 6.45) is 2.45. The maximum atomic E-state index is 14.4. The third-order valence-corrected chi connectivity index (χ3v) is 5.54. The van der Waals surface area contributed by atoms with E-state index in [-0.39, 0.29) is 5.75 Å². The minimum Gasteiger partial charge on any atom is -0.436 e. The van der Waals surface area contributed by atoms with E-state index in [2.05, 4.69) is 25.7 Å². The van der Waals surface area contributed by atoms with Gasteiger partial charge in [0.1, 0.15) is 5.69 Å². The first-order valence-electron chi connectivity index (χ1n) is 11.8. The summed E-state index contributed by atoms with van der Waals surface area (Å²) in [5, 5.41) is 15.4. The molecule has 178 valence electrons. The van der Waals surface area contributed by atoms with Crippen LogP contribution in [0.2, 0.25) is 0 Å². The number of unbranched alkanes of at least 4 members (excludes halogenated alkanes) is 1. The minimum absolute atomic E-state index is 0.166. The molecule has 0 bridgehead atoms.